The number of rotatable bonds is 5. The maximum absolute atomic E-state index is 13.7. The van der Waals surface area contributed by atoms with Gasteiger partial charge >= 0.3 is 0 Å². The number of hydrogen-bond acceptors (Lipinski definition) is 4. The van der Waals surface area contributed by atoms with Crippen LogP contribution in [0.2, 0.25) is 0 Å². The fraction of sp³-hybridized carbons (Fsp3) is 0.200. The van der Waals surface area contributed by atoms with Crippen LogP contribution < -0.4 is 15.8 Å². The van der Waals surface area contributed by atoms with Crippen LogP contribution in [0.5, 0.6) is 5.75 Å². The van der Waals surface area contributed by atoms with Crippen LogP contribution in [0.15, 0.2) is 36.5 Å². The van der Waals surface area contributed by atoms with Crippen LogP contribution in [-0.4, -0.2) is 17.5 Å². The van der Waals surface area contributed by atoms with Gasteiger partial charge in [0.25, 0.3) is 5.91 Å². The molecule has 6 heteroatoms. The Hall–Kier alpha value is -2.63. The van der Waals surface area contributed by atoms with Crippen LogP contribution in [0.3, 0.4) is 0 Å². The van der Waals surface area contributed by atoms with Crippen molar-refractivity contribution in [2.75, 3.05) is 17.7 Å². The molecule has 0 fully saturated rings. The second kappa shape index (κ2) is 6.69. The van der Waals surface area contributed by atoms with Crippen molar-refractivity contribution < 1.29 is 13.9 Å². The first-order chi connectivity index (χ1) is 10.1. The molecule has 0 aliphatic carbocycles. The van der Waals surface area contributed by atoms with E-state index in [2.05, 4.69) is 10.3 Å². The standard InChI is InChI=1S/C15H16FN3O2/c1-2-9-21-11-5-3-10(4-6-11)19-15(20)12-7-8-18-14(17)13(12)16/h3-8H,2,9H2,1H3,(H2,17,18)(H,19,20). The van der Waals surface area contributed by atoms with Gasteiger partial charge in [0.2, 0.25) is 0 Å². The zero-order valence-corrected chi connectivity index (χ0v) is 11.6. The molecular weight excluding hydrogens is 273 g/mol. The molecule has 0 unspecified atom stereocenters. The van der Waals surface area contributed by atoms with Gasteiger partial charge in [-0.3, -0.25) is 4.79 Å². The molecule has 2 aromatic rings. The number of nitrogens with one attached hydrogen (secondary N) is 1. The number of nitrogens with zero attached hydrogens (tertiary/aromatic N) is 1. The summed E-state index contributed by atoms with van der Waals surface area (Å²) in [5.74, 6) is -0.984. The molecule has 1 amide bonds. The van der Waals surface area contributed by atoms with Crippen LogP contribution in [0.4, 0.5) is 15.9 Å². The van der Waals surface area contributed by atoms with Gasteiger partial charge in [-0.05, 0) is 36.8 Å². The van der Waals surface area contributed by atoms with Crippen molar-refractivity contribution in [2.45, 2.75) is 13.3 Å². The lowest BCUT2D eigenvalue weighted by Gasteiger charge is -2.08. The third-order valence-electron chi connectivity index (χ3n) is 2.75. The molecule has 110 valence electrons. The van der Waals surface area contributed by atoms with Crippen molar-refractivity contribution in [1.82, 2.24) is 4.98 Å². The normalized spacial score (nSPS) is 10.2. The van der Waals surface area contributed by atoms with Gasteiger partial charge in [0.15, 0.2) is 11.6 Å². The lowest BCUT2D eigenvalue weighted by Crippen LogP contribution is -2.15. The molecule has 2 rings (SSSR count). The predicted molar refractivity (Wildman–Crippen MR) is 78.8 cm³/mol. The molecule has 0 radical (unpaired) electrons. The number of aromatic nitrogens is 1. The van der Waals surface area contributed by atoms with E-state index in [-0.39, 0.29) is 11.4 Å². The van der Waals surface area contributed by atoms with Gasteiger partial charge in [-0.15, -0.1) is 0 Å². The van der Waals surface area contributed by atoms with E-state index in [4.69, 9.17) is 10.5 Å². The fourth-order valence-electron chi connectivity index (χ4n) is 1.69. The maximum Gasteiger partial charge on any atom is 0.258 e. The van der Waals surface area contributed by atoms with E-state index in [9.17, 15) is 9.18 Å². The summed E-state index contributed by atoms with van der Waals surface area (Å²) in [6.07, 6.45) is 2.20. The molecule has 0 aliphatic heterocycles. The molecule has 0 saturated heterocycles. The molecule has 3 N–H and O–H groups in total. The Bertz CT molecular complexity index is 629. The minimum atomic E-state index is -0.821. The Kier molecular flexibility index (Phi) is 4.71. The van der Waals surface area contributed by atoms with Gasteiger partial charge in [0.05, 0.1) is 12.2 Å². The third kappa shape index (κ3) is 3.68. The lowest BCUT2D eigenvalue weighted by molar-refractivity contribution is 0.102. The van der Waals surface area contributed by atoms with E-state index in [1.54, 1.807) is 24.3 Å². The molecule has 0 atom stereocenters. The zero-order chi connectivity index (χ0) is 15.2. The number of amides is 1. The molecule has 0 aliphatic rings. The smallest absolute Gasteiger partial charge is 0.258 e. The number of carbonyl (C=O) groups is 1. The summed E-state index contributed by atoms with van der Waals surface area (Å²) in [4.78, 5) is 15.6. The number of benzene rings is 1. The highest BCUT2D eigenvalue weighted by molar-refractivity contribution is 6.04. The fourth-order valence-corrected chi connectivity index (χ4v) is 1.69. The highest BCUT2D eigenvalue weighted by Gasteiger charge is 2.14. The minimum absolute atomic E-state index is 0.145. The second-order valence-corrected chi connectivity index (χ2v) is 4.38. The Morgan fingerprint density at radius 3 is 2.71 bits per heavy atom. The van der Waals surface area contributed by atoms with Gasteiger partial charge < -0.3 is 15.8 Å². The molecule has 1 heterocycles. The van der Waals surface area contributed by atoms with Gasteiger partial charge in [0, 0.05) is 11.9 Å². The van der Waals surface area contributed by atoms with Crippen LogP contribution in [0.25, 0.3) is 0 Å². The Morgan fingerprint density at radius 2 is 2.05 bits per heavy atom. The summed E-state index contributed by atoms with van der Waals surface area (Å²) in [7, 11) is 0. The Morgan fingerprint density at radius 1 is 1.33 bits per heavy atom. The van der Waals surface area contributed by atoms with E-state index in [1.807, 2.05) is 6.92 Å². The molecule has 1 aromatic carbocycles. The number of nitrogen functional groups attached to an aromatic ring is 1. The molecule has 5 nitrogen and oxygen atoms in total. The van der Waals surface area contributed by atoms with Crippen LogP contribution in [0, 0.1) is 5.82 Å². The summed E-state index contributed by atoms with van der Waals surface area (Å²) in [5.41, 5.74) is 5.73. The second-order valence-electron chi connectivity index (χ2n) is 4.38. The van der Waals surface area contributed by atoms with Gasteiger partial charge in [-0.25, -0.2) is 9.37 Å². The average molecular weight is 289 g/mol. The Labute approximate surface area is 121 Å². The highest BCUT2D eigenvalue weighted by Crippen LogP contribution is 2.18. The van der Waals surface area contributed by atoms with E-state index in [1.165, 1.54) is 12.3 Å². The largest absolute Gasteiger partial charge is 0.494 e. The van der Waals surface area contributed by atoms with Crippen molar-refractivity contribution in [3.63, 3.8) is 0 Å². The monoisotopic (exact) mass is 289 g/mol. The third-order valence-corrected chi connectivity index (χ3v) is 2.75. The van der Waals surface area contributed by atoms with Crippen molar-refractivity contribution >= 4 is 17.4 Å². The predicted octanol–water partition coefficient (Wildman–Crippen LogP) is 2.84. The average Bonchev–Trinajstić information content (AvgIpc) is 2.49. The number of carbonyl (C=O) groups excluding carboxylic acids is 1. The molecule has 21 heavy (non-hydrogen) atoms. The van der Waals surface area contributed by atoms with Gasteiger partial charge in [-0.2, -0.15) is 0 Å². The van der Waals surface area contributed by atoms with Crippen molar-refractivity contribution in [1.29, 1.82) is 0 Å². The number of hydrogen-bond donors (Lipinski definition) is 2. The van der Waals surface area contributed by atoms with E-state index in [0.717, 1.165) is 6.42 Å². The molecule has 0 spiro atoms. The number of nitrogens with two attached hydrogens (primary N) is 1. The number of anilines is 2. The highest BCUT2D eigenvalue weighted by atomic mass is 19.1. The van der Waals surface area contributed by atoms with Crippen molar-refractivity contribution in [3.8, 4) is 5.75 Å². The summed E-state index contributed by atoms with van der Waals surface area (Å²) < 4.78 is 19.1. The van der Waals surface area contributed by atoms with Crippen molar-refractivity contribution in [3.05, 3.63) is 47.9 Å². The first kappa shape index (κ1) is 14.8. The van der Waals surface area contributed by atoms with Crippen molar-refractivity contribution in [2.24, 2.45) is 0 Å². The summed E-state index contributed by atoms with van der Waals surface area (Å²) in [5, 5.41) is 2.59. The molecule has 0 bridgehead atoms. The van der Waals surface area contributed by atoms with E-state index < -0.39 is 11.7 Å². The molecule has 1 aromatic heterocycles. The lowest BCUT2D eigenvalue weighted by atomic mass is 10.2. The maximum atomic E-state index is 13.7. The summed E-state index contributed by atoms with van der Waals surface area (Å²) in [6.45, 7) is 2.65. The summed E-state index contributed by atoms with van der Waals surface area (Å²) in [6, 6.07) is 8.13. The first-order valence-electron chi connectivity index (χ1n) is 6.56. The molecular formula is C15H16FN3O2. The summed E-state index contributed by atoms with van der Waals surface area (Å²) >= 11 is 0. The van der Waals surface area contributed by atoms with Gasteiger partial charge in [-0.1, -0.05) is 6.92 Å². The quantitative estimate of drug-likeness (QED) is 0.887. The number of pyridine rings is 1. The van der Waals surface area contributed by atoms with E-state index >= 15 is 0 Å². The van der Waals surface area contributed by atoms with Crippen LogP contribution >= 0.6 is 0 Å². The first-order valence-corrected chi connectivity index (χ1v) is 6.56. The number of ether oxygens (including phenoxy) is 1. The number of halogens is 1. The molecule has 0 saturated carbocycles. The Balaban J connectivity index is 2.07. The van der Waals surface area contributed by atoms with E-state index in [0.29, 0.717) is 18.0 Å². The zero-order valence-electron chi connectivity index (χ0n) is 11.6. The SMILES string of the molecule is CCCOc1ccc(NC(=O)c2ccnc(N)c2F)cc1. The van der Waals surface area contributed by atoms with Gasteiger partial charge in [0.1, 0.15) is 5.75 Å². The van der Waals surface area contributed by atoms with Crippen LogP contribution in [-0.2, 0) is 0 Å². The minimum Gasteiger partial charge on any atom is -0.494 e. The topological polar surface area (TPSA) is 77.2 Å². The van der Waals surface area contributed by atoms with Crippen LogP contribution in [0.1, 0.15) is 23.7 Å².